The van der Waals surface area contributed by atoms with Gasteiger partial charge in [0, 0.05) is 5.69 Å². The average molecular weight is 343 g/mol. The van der Waals surface area contributed by atoms with Gasteiger partial charge in [0.25, 0.3) is 0 Å². The number of hydrogen-bond acceptors (Lipinski definition) is 4. The number of nitrogens with one attached hydrogen (secondary N) is 3. The second-order valence-electron chi connectivity index (χ2n) is 5.29. The zero-order valence-electron chi connectivity index (χ0n) is 14.1. The van der Waals surface area contributed by atoms with Gasteiger partial charge in [0.1, 0.15) is 11.8 Å². The minimum atomic E-state index is -1.25. The number of ether oxygens (including phenoxy) is 1. The Morgan fingerprint density at radius 2 is 1.72 bits per heavy atom. The summed E-state index contributed by atoms with van der Waals surface area (Å²) >= 11 is 0. The molecule has 0 saturated carbocycles. The third-order valence-corrected chi connectivity index (χ3v) is 3.36. The molecule has 0 bridgehead atoms. The molecule has 0 fully saturated rings. The van der Waals surface area contributed by atoms with Gasteiger partial charge in [-0.15, -0.1) is 0 Å². The fraction of sp³-hybridized carbons (Fsp3) is 0.222. The highest BCUT2D eigenvalue weighted by atomic mass is 16.5. The molecule has 0 aliphatic heterocycles. The van der Waals surface area contributed by atoms with E-state index in [1.807, 2.05) is 43.3 Å². The highest BCUT2D eigenvalue weighted by Gasteiger charge is 2.16. The number of para-hydroxylation sites is 2. The first-order chi connectivity index (χ1) is 12.0. The Kier molecular flexibility index (Phi) is 6.22. The van der Waals surface area contributed by atoms with Crippen molar-refractivity contribution in [2.75, 3.05) is 17.2 Å². The summed E-state index contributed by atoms with van der Waals surface area (Å²) in [5.74, 6) is 0.339. The first-order valence-corrected chi connectivity index (χ1v) is 7.89. The molecule has 2 aromatic rings. The molecular weight excluding hydrogens is 322 g/mol. The molecule has 7 nitrogen and oxygen atoms in total. The van der Waals surface area contributed by atoms with E-state index in [9.17, 15) is 9.59 Å². The van der Waals surface area contributed by atoms with E-state index < -0.39 is 18.0 Å². The molecule has 25 heavy (non-hydrogen) atoms. The van der Waals surface area contributed by atoms with Crippen LogP contribution in [0.5, 0.6) is 5.75 Å². The molecular formula is C18H21N3O4. The summed E-state index contributed by atoms with van der Waals surface area (Å²) in [6, 6.07) is 13.8. The highest BCUT2D eigenvalue weighted by Crippen LogP contribution is 2.26. The van der Waals surface area contributed by atoms with Crippen molar-refractivity contribution in [1.29, 1.82) is 0 Å². The Bertz CT molecular complexity index is 731. The number of anilines is 3. The van der Waals surface area contributed by atoms with Crippen molar-refractivity contribution in [3.63, 3.8) is 0 Å². The number of benzene rings is 2. The van der Waals surface area contributed by atoms with Gasteiger partial charge < -0.3 is 25.8 Å². The van der Waals surface area contributed by atoms with Crippen molar-refractivity contribution < 1.29 is 19.4 Å². The van der Waals surface area contributed by atoms with Crippen molar-refractivity contribution in [2.24, 2.45) is 0 Å². The summed E-state index contributed by atoms with van der Waals surface area (Å²) in [6.45, 7) is 4.00. The monoisotopic (exact) mass is 343 g/mol. The van der Waals surface area contributed by atoms with Crippen LogP contribution in [0.2, 0.25) is 0 Å². The van der Waals surface area contributed by atoms with Crippen LogP contribution in [-0.4, -0.2) is 29.8 Å². The van der Waals surface area contributed by atoms with Gasteiger partial charge in [-0.3, -0.25) is 4.79 Å². The lowest BCUT2D eigenvalue weighted by molar-refractivity contribution is -0.117. The van der Waals surface area contributed by atoms with E-state index in [-0.39, 0.29) is 0 Å². The maximum atomic E-state index is 12.1. The Balaban J connectivity index is 2.09. The molecule has 2 amide bonds. The molecule has 0 aliphatic carbocycles. The van der Waals surface area contributed by atoms with E-state index >= 15 is 0 Å². The Morgan fingerprint density at radius 3 is 2.32 bits per heavy atom. The second kappa shape index (κ2) is 8.58. The van der Waals surface area contributed by atoms with Gasteiger partial charge in [-0.25, -0.2) is 4.79 Å². The Labute approximate surface area is 146 Å². The maximum absolute atomic E-state index is 12.1. The highest BCUT2D eigenvalue weighted by molar-refractivity contribution is 5.99. The van der Waals surface area contributed by atoms with Gasteiger partial charge in [-0.05, 0) is 50.2 Å². The molecule has 0 aliphatic rings. The molecule has 2 rings (SSSR count). The van der Waals surface area contributed by atoms with Crippen LogP contribution < -0.4 is 20.7 Å². The van der Waals surface area contributed by atoms with Crippen LogP contribution in [-0.2, 0) is 4.79 Å². The van der Waals surface area contributed by atoms with Crippen LogP contribution in [0.3, 0.4) is 0 Å². The topological polar surface area (TPSA) is 99.7 Å². The Hall–Kier alpha value is -3.22. The molecule has 1 unspecified atom stereocenters. The van der Waals surface area contributed by atoms with Crippen LogP contribution in [0, 0.1) is 0 Å². The van der Waals surface area contributed by atoms with Crippen LogP contribution in [0.25, 0.3) is 0 Å². The van der Waals surface area contributed by atoms with E-state index in [1.165, 1.54) is 6.92 Å². The van der Waals surface area contributed by atoms with E-state index in [1.54, 1.807) is 12.1 Å². The largest absolute Gasteiger partial charge is 0.494 e. The third-order valence-electron chi connectivity index (χ3n) is 3.36. The van der Waals surface area contributed by atoms with E-state index in [4.69, 9.17) is 9.84 Å². The quantitative estimate of drug-likeness (QED) is 0.617. The van der Waals surface area contributed by atoms with Gasteiger partial charge in [0.15, 0.2) is 0 Å². The molecule has 1 atom stereocenters. The van der Waals surface area contributed by atoms with Crippen molar-refractivity contribution in [3.05, 3.63) is 48.5 Å². The van der Waals surface area contributed by atoms with E-state index in [0.29, 0.717) is 18.0 Å². The van der Waals surface area contributed by atoms with Gasteiger partial charge in [0.2, 0.25) is 5.91 Å². The second-order valence-corrected chi connectivity index (χ2v) is 5.29. The van der Waals surface area contributed by atoms with Gasteiger partial charge in [0.05, 0.1) is 18.0 Å². The van der Waals surface area contributed by atoms with Crippen molar-refractivity contribution in [3.8, 4) is 5.75 Å². The lowest BCUT2D eigenvalue weighted by Gasteiger charge is -2.16. The molecule has 4 N–H and O–H groups in total. The first kappa shape index (κ1) is 18.1. The lowest BCUT2D eigenvalue weighted by atomic mass is 10.2. The number of carbonyl (C=O) groups is 2. The molecule has 2 aromatic carbocycles. The summed E-state index contributed by atoms with van der Waals surface area (Å²) in [4.78, 5) is 22.7. The van der Waals surface area contributed by atoms with Crippen molar-refractivity contribution in [2.45, 2.75) is 19.9 Å². The molecule has 7 heteroatoms. The maximum Gasteiger partial charge on any atom is 0.405 e. The number of hydrogen-bond donors (Lipinski definition) is 4. The minimum absolute atomic E-state index is 0.441. The fourth-order valence-corrected chi connectivity index (χ4v) is 2.15. The number of carbonyl (C=O) groups excluding carboxylic acids is 1. The number of amides is 2. The zero-order chi connectivity index (χ0) is 18.2. The van der Waals surface area contributed by atoms with Gasteiger partial charge >= 0.3 is 6.09 Å². The van der Waals surface area contributed by atoms with Crippen LogP contribution in [0.4, 0.5) is 21.9 Å². The van der Waals surface area contributed by atoms with Crippen molar-refractivity contribution >= 4 is 29.1 Å². The van der Waals surface area contributed by atoms with Crippen LogP contribution >= 0.6 is 0 Å². The smallest absolute Gasteiger partial charge is 0.405 e. The molecule has 0 saturated heterocycles. The Morgan fingerprint density at radius 1 is 1.08 bits per heavy atom. The summed E-state index contributed by atoms with van der Waals surface area (Å²) in [6.07, 6.45) is -1.25. The average Bonchev–Trinajstić information content (AvgIpc) is 2.58. The zero-order valence-corrected chi connectivity index (χ0v) is 14.1. The summed E-state index contributed by atoms with van der Waals surface area (Å²) in [5, 5.41) is 16.8. The SMILES string of the molecule is CCOc1ccc(Nc2ccccc2NC(=O)C(C)NC(=O)O)cc1. The first-order valence-electron chi connectivity index (χ1n) is 7.89. The lowest BCUT2D eigenvalue weighted by Crippen LogP contribution is -2.40. The van der Waals surface area contributed by atoms with E-state index in [2.05, 4.69) is 16.0 Å². The van der Waals surface area contributed by atoms with Gasteiger partial charge in [-0.1, -0.05) is 12.1 Å². The molecule has 0 heterocycles. The summed E-state index contributed by atoms with van der Waals surface area (Å²) in [5.41, 5.74) is 2.09. The minimum Gasteiger partial charge on any atom is -0.494 e. The fourth-order valence-electron chi connectivity index (χ4n) is 2.15. The summed E-state index contributed by atoms with van der Waals surface area (Å²) < 4.78 is 5.41. The predicted molar refractivity (Wildman–Crippen MR) is 96.6 cm³/mol. The normalized spacial score (nSPS) is 11.3. The number of carboxylic acid groups (broad SMARTS) is 1. The molecule has 0 spiro atoms. The van der Waals surface area contributed by atoms with Gasteiger partial charge in [-0.2, -0.15) is 0 Å². The predicted octanol–water partition coefficient (Wildman–Crippen LogP) is 3.42. The molecule has 132 valence electrons. The standard InChI is InChI=1S/C18H21N3O4/c1-3-25-14-10-8-13(9-11-14)20-15-6-4-5-7-16(15)21-17(22)12(2)19-18(23)24/h4-12,19-20H,3H2,1-2H3,(H,21,22)(H,23,24). The summed E-state index contributed by atoms with van der Waals surface area (Å²) in [7, 11) is 0. The van der Waals surface area contributed by atoms with E-state index in [0.717, 1.165) is 11.4 Å². The number of rotatable bonds is 7. The van der Waals surface area contributed by atoms with Crippen LogP contribution in [0.1, 0.15) is 13.8 Å². The third kappa shape index (κ3) is 5.42. The molecule has 0 radical (unpaired) electrons. The van der Waals surface area contributed by atoms with Crippen LogP contribution in [0.15, 0.2) is 48.5 Å². The van der Waals surface area contributed by atoms with Crippen molar-refractivity contribution in [1.82, 2.24) is 5.32 Å². The molecule has 0 aromatic heterocycles.